The topological polar surface area (TPSA) is 77.0 Å². The maximum atomic E-state index is 12.2. The Morgan fingerprint density at radius 3 is 2.83 bits per heavy atom. The highest BCUT2D eigenvalue weighted by molar-refractivity contribution is 6.03. The number of carbonyl (C=O) groups excluding carboxylic acids is 1. The van der Waals surface area contributed by atoms with Crippen molar-refractivity contribution in [1.29, 1.82) is 0 Å². The van der Waals surface area contributed by atoms with E-state index in [2.05, 4.69) is 20.3 Å². The van der Waals surface area contributed by atoms with Crippen LogP contribution in [-0.4, -0.2) is 20.9 Å². The summed E-state index contributed by atoms with van der Waals surface area (Å²) in [5, 5.41) is 2.73. The van der Waals surface area contributed by atoms with E-state index in [1.54, 1.807) is 36.7 Å². The van der Waals surface area contributed by atoms with Crippen LogP contribution in [0.2, 0.25) is 0 Å². The first-order chi connectivity index (χ1) is 11.2. The molecule has 0 saturated heterocycles. The summed E-state index contributed by atoms with van der Waals surface area (Å²) in [6.45, 7) is 1.93. The van der Waals surface area contributed by atoms with Gasteiger partial charge in [0.25, 0.3) is 5.91 Å². The Morgan fingerprint density at radius 2 is 2.04 bits per heavy atom. The molecule has 0 saturated carbocycles. The molecule has 2 aromatic heterocycles. The lowest BCUT2D eigenvalue weighted by atomic mass is 10.1. The van der Waals surface area contributed by atoms with Gasteiger partial charge in [0.05, 0.1) is 6.20 Å². The highest BCUT2D eigenvalue weighted by atomic mass is 16.5. The van der Waals surface area contributed by atoms with Crippen LogP contribution in [0.1, 0.15) is 15.9 Å². The number of hydrogen-bond acceptors (Lipinski definition) is 5. The summed E-state index contributed by atoms with van der Waals surface area (Å²) in [6.07, 6.45) is 4.56. The first-order valence-corrected chi connectivity index (χ1v) is 6.99. The number of pyridine rings is 1. The number of hydrogen-bond donors (Lipinski definition) is 1. The molecule has 0 atom stereocenters. The molecule has 0 aliphatic heterocycles. The fourth-order valence-corrected chi connectivity index (χ4v) is 1.97. The molecule has 0 bridgehead atoms. The molecule has 0 aliphatic rings. The SMILES string of the molecule is Cc1cccc(C(=O)Nc2cc(Oc3cccnc3)ncn2)c1. The van der Waals surface area contributed by atoms with Gasteiger partial charge in [-0.3, -0.25) is 9.78 Å². The van der Waals surface area contributed by atoms with Gasteiger partial charge in [0.1, 0.15) is 17.9 Å². The lowest BCUT2D eigenvalue weighted by molar-refractivity contribution is 0.102. The van der Waals surface area contributed by atoms with Crippen molar-refractivity contribution in [3.05, 3.63) is 72.3 Å². The quantitative estimate of drug-likeness (QED) is 0.800. The zero-order chi connectivity index (χ0) is 16.1. The largest absolute Gasteiger partial charge is 0.437 e. The summed E-state index contributed by atoms with van der Waals surface area (Å²) in [4.78, 5) is 24.2. The summed E-state index contributed by atoms with van der Waals surface area (Å²) in [5.74, 6) is 1.01. The van der Waals surface area contributed by atoms with Gasteiger partial charge in [-0.2, -0.15) is 0 Å². The minimum Gasteiger partial charge on any atom is -0.437 e. The van der Waals surface area contributed by atoms with Gasteiger partial charge >= 0.3 is 0 Å². The second kappa shape index (κ2) is 6.65. The molecule has 0 aliphatic carbocycles. The average molecular weight is 306 g/mol. The standard InChI is InChI=1S/C17H14N4O2/c1-12-4-2-5-13(8-12)17(22)21-15-9-16(20-11-19-15)23-14-6-3-7-18-10-14/h2-11H,1H3,(H,19,20,21,22). The van der Waals surface area contributed by atoms with Crippen molar-refractivity contribution < 1.29 is 9.53 Å². The van der Waals surface area contributed by atoms with E-state index < -0.39 is 0 Å². The Balaban J connectivity index is 1.74. The van der Waals surface area contributed by atoms with Crippen LogP contribution < -0.4 is 10.1 Å². The monoisotopic (exact) mass is 306 g/mol. The predicted octanol–water partition coefficient (Wildman–Crippen LogP) is 3.22. The molecule has 1 aromatic carbocycles. The normalized spacial score (nSPS) is 10.1. The van der Waals surface area contributed by atoms with Crippen LogP contribution in [0, 0.1) is 6.92 Å². The second-order valence-corrected chi connectivity index (χ2v) is 4.86. The molecule has 23 heavy (non-hydrogen) atoms. The number of carbonyl (C=O) groups is 1. The van der Waals surface area contributed by atoms with Crippen molar-refractivity contribution >= 4 is 11.7 Å². The van der Waals surface area contributed by atoms with E-state index in [-0.39, 0.29) is 5.91 Å². The molecule has 3 aromatic rings. The highest BCUT2D eigenvalue weighted by Gasteiger charge is 2.08. The third kappa shape index (κ3) is 3.88. The maximum absolute atomic E-state index is 12.2. The molecule has 2 heterocycles. The average Bonchev–Trinajstić information content (AvgIpc) is 2.56. The van der Waals surface area contributed by atoms with Crippen molar-refractivity contribution in [3.8, 4) is 11.6 Å². The van der Waals surface area contributed by atoms with Crippen molar-refractivity contribution in [2.75, 3.05) is 5.32 Å². The van der Waals surface area contributed by atoms with Crippen LogP contribution in [0.15, 0.2) is 61.2 Å². The first-order valence-electron chi connectivity index (χ1n) is 6.99. The van der Waals surface area contributed by atoms with E-state index in [4.69, 9.17) is 4.74 Å². The Labute approximate surface area is 133 Å². The summed E-state index contributed by atoms with van der Waals surface area (Å²) in [6, 6.07) is 12.4. The molecule has 0 spiro atoms. The molecule has 1 amide bonds. The van der Waals surface area contributed by atoms with E-state index in [1.165, 1.54) is 6.33 Å². The number of ether oxygens (including phenoxy) is 1. The maximum Gasteiger partial charge on any atom is 0.256 e. The van der Waals surface area contributed by atoms with Gasteiger partial charge in [0, 0.05) is 17.8 Å². The number of nitrogens with one attached hydrogen (secondary N) is 1. The number of amides is 1. The van der Waals surface area contributed by atoms with Crippen LogP contribution in [0.4, 0.5) is 5.82 Å². The number of anilines is 1. The fourth-order valence-electron chi connectivity index (χ4n) is 1.97. The zero-order valence-electron chi connectivity index (χ0n) is 12.4. The molecule has 0 radical (unpaired) electrons. The van der Waals surface area contributed by atoms with Gasteiger partial charge in [0.15, 0.2) is 0 Å². The van der Waals surface area contributed by atoms with Gasteiger partial charge < -0.3 is 10.1 Å². The molecule has 0 fully saturated rings. The minimum absolute atomic E-state index is 0.236. The van der Waals surface area contributed by atoms with E-state index >= 15 is 0 Å². The van der Waals surface area contributed by atoms with E-state index in [0.717, 1.165) is 5.56 Å². The van der Waals surface area contributed by atoms with E-state index in [0.29, 0.717) is 23.0 Å². The fraction of sp³-hybridized carbons (Fsp3) is 0.0588. The predicted molar refractivity (Wildman–Crippen MR) is 85.5 cm³/mol. The molecule has 0 unspecified atom stereocenters. The first kappa shape index (κ1) is 14.6. The summed E-state index contributed by atoms with van der Waals surface area (Å²) < 4.78 is 5.56. The van der Waals surface area contributed by atoms with Crippen LogP contribution >= 0.6 is 0 Å². The van der Waals surface area contributed by atoms with Gasteiger partial charge in [-0.15, -0.1) is 0 Å². The van der Waals surface area contributed by atoms with E-state index in [9.17, 15) is 4.79 Å². The van der Waals surface area contributed by atoms with Gasteiger partial charge in [0.2, 0.25) is 5.88 Å². The van der Waals surface area contributed by atoms with Crippen LogP contribution in [0.5, 0.6) is 11.6 Å². The van der Waals surface area contributed by atoms with Crippen molar-refractivity contribution in [1.82, 2.24) is 15.0 Å². The molecule has 114 valence electrons. The van der Waals surface area contributed by atoms with E-state index in [1.807, 2.05) is 25.1 Å². The molecular formula is C17H14N4O2. The number of benzene rings is 1. The third-order valence-electron chi connectivity index (χ3n) is 3.02. The summed E-state index contributed by atoms with van der Waals surface area (Å²) >= 11 is 0. The lowest BCUT2D eigenvalue weighted by Gasteiger charge is -2.07. The van der Waals surface area contributed by atoms with Crippen LogP contribution in [0.25, 0.3) is 0 Å². The van der Waals surface area contributed by atoms with Gasteiger partial charge in [-0.25, -0.2) is 9.97 Å². The molecule has 3 rings (SSSR count). The Bertz CT molecular complexity index is 822. The Morgan fingerprint density at radius 1 is 1.13 bits per heavy atom. The zero-order valence-corrected chi connectivity index (χ0v) is 12.4. The Kier molecular flexibility index (Phi) is 4.24. The second-order valence-electron chi connectivity index (χ2n) is 4.86. The van der Waals surface area contributed by atoms with Crippen molar-refractivity contribution in [2.45, 2.75) is 6.92 Å². The van der Waals surface area contributed by atoms with Crippen LogP contribution in [0.3, 0.4) is 0 Å². The molecule has 6 heteroatoms. The minimum atomic E-state index is -0.236. The molecular weight excluding hydrogens is 292 g/mol. The number of aryl methyl sites for hydroxylation is 1. The van der Waals surface area contributed by atoms with Crippen molar-refractivity contribution in [2.24, 2.45) is 0 Å². The number of aromatic nitrogens is 3. The lowest BCUT2D eigenvalue weighted by Crippen LogP contribution is -2.13. The van der Waals surface area contributed by atoms with Crippen LogP contribution in [-0.2, 0) is 0 Å². The number of nitrogens with zero attached hydrogens (tertiary/aromatic N) is 3. The highest BCUT2D eigenvalue weighted by Crippen LogP contribution is 2.19. The van der Waals surface area contributed by atoms with Gasteiger partial charge in [-0.1, -0.05) is 17.7 Å². The third-order valence-corrected chi connectivity index (χ3v) is 3.02. The van der Waals surface area contributed by atoms with Gasteiger partial charge in [-0.05, 0) is 31.2 Å². The molecule has 6 nitrogen and oxygen atoms in total. The van der Waals surface area contributed by atoms with Crippen molar-refractivity contribution in [3.63, 3.8) is 0 Å². The Hall–Kier alpha value is -3.28. The summed E-state index contributed by atoms with van der Waals surface area (Å²) in [7, 11) is 0. The smallest absolute Gasteiger partial charge is 0.256 e. The molecule has 1 N–H and O–H groups in total. The summed E-state index contributed by atoms with van der Waals surface area (Å²) in [5.41, 5.74) is 1.58. The number of rotatable bonds is 4.